The Morgan fingerprint density at radius 3 is 2.88 bits per heavy atom. The fraction of sp³-hybridized carbons (Fsp3) is 0.417. The van der Waals surface area contributed by atoms with Crippen LogP contribution in [0.2, 0.25) is 0 Å². The van der Waals surface area contributed by atoms with Gasteiger partial charge in [0.05, 0.1) is 0 Å². The van der Waals surface area contributed by atoms with Gasteiger partial charge in [-0.2, -0.15) is 0 Å². The highest BCUT2D eigenvalue weighted by atomic mass is 19.1. The maximum Gasteiger partial charge on any atom is 0.228 e. The average Bonchev–Trinajstić information content (AvgIpc) is 2.25. The van der Waals surface area contributed by atoms with Crippen LogP contribution in [0.4, 0.5) is 10.1 Å². The van der Waals surface area contributed by atoms with Gasteiger partial charge in [-0.15, -0.1) is 0 Å². The highest BCUT2D eigenvalue weighted by Gasteiger charge is 2.12. The van der Waals surface area contributed by atoms with Crippen molar-refractivity contribution in [3.63, 3.8) is 0 Å². The normalized spacial score (nSPS) is 12.2. The second-order valence-electron chi connectivity index (χ2n) is 3.71. The van der Waals surface area contributed by atoms with Gasteiger partial charge < -0.3 is 10.6 Å². The zero-order valence-corrected chi connectivity index (χ0v) is 9.59. The molecule has 1 amide bonds. The number of rotatable bonds is 5. The molecule has 0 bridgehead atoms. The molecule has 0 aliphatic rings. The summed E-state index contributed by atoms with van der Waals surface area (Å²) in [5.74, 6) is -0.591. The highest BCUT2D eigenvalue weighted by molar-refractivity contribution is 5.92. The number of anilines is 1. The maximum absolute atomic E-state index is 12.9. The fourth-order valence-electron chi connectivity index (χ4n) is 1.29. The minimum atomic E-state index is -0.350. The fourth-order valence-corrected chi connectivity index (χ4v) is 1.29. The summed E-state index contributed by atoms with van der Waals surface area (Å²) in [7, 11) is 0. The minimum absolute atomic E-state index is 0.105. The predicted molar refractivity (Wildman–Crippen MR) is 62.7 cm³/mol. The molecule has 0 heterocycles. The zero-order chi connectivity index (χ0) is 12.0. The second-order valence-corrected chi connectivity index (χ2v) is 3.71. The lowest BCUT2D eigenvalue weighted by atomic mass is 10.1. The van der Waals surface area contributed by atoms with Crippen molar-refractivity contribution >= 4 is 11.6 Å². The largest absolute Gasteiger partial charge is 0.326 e. The van der Waals surface area contributed by atoms with E-state index in [1.54, 1.807) is 12.1 Å². The number of benzene rings is 1. The first-order valence-corrected chi connectivity index (χ1v) is 5.40. The Balaban J connectivity index is 2.50. The number of carbonyl (C=O) groups excluding carboxylic acids is 1. The molecule has 1 aromatic rings. The Bertz CT molecular complexity index is 355. The molecule has 0 fully saturated rings. The van der Waals surface area contributed by atoms with Crippen molar-refractivity contribution in [2.75, 3.05) is 18.4 Å². The molecule has 16 heavy (non-hydrogen) atoms. The summed E-state index contributed by atoms with van der Waals surface area (Å²) in [5.41, 5.74) is 0.494. The van der Waals surface area contributed by atoms with E-state index in [-0.39, 0.29) is 17.6 Å². The van der Waals surface area contributed by atoms with E-state index in [1.165, 1.54) is 12.1 Å². The molecule has 0 spiro atoms. The maximum atomic E-state index is 12.9. The van der Waals surface area contributed by atoms with Crippen LogP contribution in [0, 0.1) is 11.7 Å². The van der Waals surface area contributed by atoms with Crippen molar-refractivity contribution in [3.05, 3.63) is 30.1 Å². The zero-order valence-electron chi connectivity index (χ0n) is 9.59. The minimum Gasteiger partial charge on any atom is -0.326 e. The van der Waals surface area contributed by atoms with Crippen molar-refractivity contribution in [1.29, 1.82) is 0 Å². The molecule has 4 heteroatoms. The van der Waals surface area contributed by atoms with Crippen LogP contribution in [-0.4, -0.2) is 19.0 Å². The summed E-state index contributed by atoms with van der Waals surface area (Å²) in [6.07, 6.45) is 0. The van der Waals surface area contributed by atoms with Crippen LogP contribution in [0.5, 0.6) is 0 Å². The quantitative estimate of drug-likeness (QED) is 0.803. The van der Waals surface area contributed by atoms with Gasteiger partial charge in [0, 0.05) is 18.2 Å². The van der Waals surface area contributed by atoms with Crippen molar-refractivity contribution in [2.45, 2.75) is 13.8 Å². The molecule has 0 saturated carbocycles. The topological polar surface area (TPSA) is 41.1 Å². The Kier molecular flexibility index (Phi) is 4.92. The third-order valence-electron chi connectivity index (χ3n) is 2.24. The third-order valence-corrected chi connectivity index (χ3v) is 2.24. The Morgan fingerprint density at radius 1 is 1.50 bits per heavy atom. The van der Waals surface area contributed by atoms with Crippen molar-refractivity contribution in [2.24, 2.45) is 5.92 Å². The first kappa shape index (κ1) is 12.6. The lowest BCUT2D eigenvalue weighted by Crippen LogP contribution is -2.30. The van der Waals surface area contributed by atoms with Gasteiger partial charge in [0.1, 0.15) is 5.82 Å². The van der Waals surface area contributed by atoms with Crippen molar-refractivity contribution in [1.82, 2.24) is 5.32 Å². The molecule has 2 N–H and O–H groups in total. The molecule has 1 unspecified atom stereocenters. The van der Waals surface area contributed by atoms with E-state index in [0.29, 0.717) is 12.2 Å². The Hall–Kier alpha value is -1.42. The predicted octanol–water partition coefficient (Wildman–Crippen LogP) is 2.01. The Morgan fingerprint density at radius 2 is 2.25 bits per heavy atom. The van der Waals surface area contributed by atoms with E-state index in [4.69, 9.17) is 0 Å². The Labute approximate surface area is 95.0 Å². The van der Waals surface area contributed by atoms with Gasteiger partial charge in [0.15, 0.2) is 0 Å². The molecule has 88 valence electrons. The van der Waals surface area contributed by atoms with E-state index in [2.05, 4.69) is 10.6 Å². The summed E-state index contributed by atoms with van der Waals surface area (Å²) in [6.45, 7) is 5.27. The van der Waals surface area contributed by atoms with Crippen LogP contribution in [0.25, 0.3) is 0 Å². The van der Waals surface area contributed by atoms with Crippen LogP contribution < -0.4 is 10.6 Å². The van der Waals surface area contributed by atoms with Gasteiger partial charge in [0.2, 0.25) is 5.91 Å². The van der Waals surface area contributed by atoms with E-state index in [1.807, 2.05) is 13.8 Å². The molecular formula is C12H17FN2O. The second kappa shape index (κ2) is 6.23. The lowest BCUT2D eigenvalue weighted by Gasteiger charge is -2.12. The smallest absolute Gasteiger partial charge is 0.228 e. The van der Waals surface area contributed by atoms with Crippen molar-refractivity contribution in [3.8, 4) is 0 Å². The van der Waals surface area contributed by atoms with Gasteiger partial charge in [0.25, 0.3) is 0 Å². The van der Waals surface area contributed by atoms with Gasteiger partial charge in [-0.1, -0.05) is 19.9 Å². The van der Waals surface area contributed by atoms with Crippen LogP contribution in [0.15, 0.2) is 24.3 Å². The monoisotopic (exact) mass is 224 g/mol. The highest BCUT2D eigenvalue weighted by Crippen LogP contribution is 2.10. The van der Waals surface area contributed by atoms with Gasteiger partial charge >= 0.3 is 0 Å². The first-order valence-electron chi connectivity index (χ1n) is 5.40. The number of hydrogen-bond acceptors (Lipinski definition) is 2. The van der Waals surface area contributed by atoms with Crippen LogP contribution >= 0.6 is 0 Å². The summed E-state index contributed by atoms with van der Waals surface area (Å²) in [4.78, 5) is 11.7. The number of amides is 1. The lowest BCUT2D eigenvalue weighted by molar-refractivity contribution is -0.119. The summed E-state index contributed by atoms with van der Waals surface area (Å²) in [6, 6.07) is 5.89. The van der Waals surface area contributed by atoms with Crippen molar-refractivity contribution < 1.29 is 9.18 Å². The number of nitrogens with one attached hydrogen (secondary N) is 2. The number of hydrogen-bond donors (Lipinski definition) is 2. The first-order chi connectivity index (χ1) is 7.63. The summed E-state index contributed by atoms with van der Waals surface area (Å²) >= 11 is 0. The average molecular weight is 224 g/mol. The van der Waals surface area contributed by atoms with E-state index in [9.17, 15) is 9.18 Å². The molecule has 0 radical (unpaired) electrons. The SMILES string of the molecule is CCNCC(C)C(=O)Nc1cccc(F)c1. The van der Waals surface area contributed by atoms with E-state index < -0.39 is 0 Å². The molecule has 0 aliphatic carbocycles. The van der Waals surface area contributed by atoms with Gasteiger partial charge in [-0.05, 0) is 24.7 Å². The molecular weight excluding hydrogens is 207 g/mol. The molecule has 0 aromatic heterocycles. The number of halogens is 1. The summed E-state index contributed by atoms with van der Waals surface area (Å²) in [5, 5.41) is 5.76. The van der Waals surface area contributed by atoms with Crippen LogP contribution in [0.3, 0.4) is 0 Å². The van der Waals surface area contributed by atoms with E-state index >= 15 is 0 Å². The molecule has 1 aromatic carbocycles. The van der Waals surface area contributed by atoms with Gasteiger partial charge in [-0.3, -0.25) is 4.79 Å². The molecule has 1 atom stereocenters. The molecule has 3 nitrogen and oxygen atoms in total. The summed E-state index contributed by atoms with van der Waals surface area (Å²) < 4.78 is 12.9. The molecule has 0 aliphatic heterocycles. The van der Waals surface area contributed by atoms with Gasteiger partial charge in [-0.25, -0.2) is 4.39 Å². The molecule has 1 rings (SSSR count). The third kappa shape index (κ3) is 3.98. The van der Waals surface area contributed by atoms with E-state index in [0.717, 1.165) is 6.54 Å². The van der Waals surface area contributed by atoms with Crippen LogP contribution in [-0.2, 0) is 4.79 Å². The van der Waals surface area contributed by atoms with Crippen LogP contribution in [0.1, 0.15) is 13.8 Å². The number of carbonyl (C=O) groups is 1. The molecule has 0 saturated heterocycles. The standard InChI is InChI=1S/C12H17FN2O/c1-3-14-8-9(2)12(16)15-11-6-4-5-10(13)7-11/h4-7,9,14H,3,8H2,1-2H3,(H,15,16).